The van der Waals surface area contributed by atoms with E-state index in [-0.39, 0.29) is 29.0 Å². The SMILES string of the molecule is CC(C)c1ccc(CN2CCN(C(c3ccc(F)cc3)c3ccc(F)cc3)CC2)c(=O)c(NCCNc2ccccn2)c1. The van der Waals surface area contributed by atoms with Crippen LogP contribution < -0.4 is 16.1 Å². The summed E-state index contributed by atoms with van der Waals surface area (Å²) < 4.78 is 27.4. The number of piperazine rings is 1. The molecule has 1 aromatic heterocycles. The van der Waals surface area contributed by atoms with Crippen LogP contribution >= 0.6 is 0 Å². The van der Waals surface area contributed by atoms with Gasteiger partial charge >= 0.3 is 0 Å². The van der Waals surface area contributed by atoms with Crippen LogP contribution in [-0.4, -0.2) is 54.1 Å². The Morgan fingerprint density at radius 1 is 0.767 bits per heavy atom. The second-order valence-electron chi connectivity index (χ2n) is 11.3. The van der Waals surface area contributed by atoms with Gasteiger partial charge in [-0.1, -0.05) is 56.3 Å². The molecule has 2 heterocycles. The maximum atomic E-state index is 13.7. The Bertz CT molecular complexity index is 1480. The lowest BCUT2D eigenvalue weighted by atomic mass is 9.96. The molecule has 4 aromatic rings. The Kier molecular flexibility index (Phi) is 10.1. The Morgan fingerprint density at radius 3 is 1.95 bits per heavy atom. The first-order chi connectivity index (χ1) is 20.9. The molecule has 0 radical (unpaired) electrons. The van der Waals surface area contributed by atoms with Gasteiger partial charge in [0.1, 0.15) is 17.5 Å². The summed E-state index contributed by atoms with van der Waals surface area (Å²) in [5.74, 6) is 0.518. The van der Waals surface area contributed by atoms with E-state index in [9.17, 15) is 13.6 Å². The molecule has 0 amide bonds. The summed E-state index contributed by atoms with van der Waals surface area (Å²) in [6.07, 6.45) is 1.75. The van der Waals surface area contributed by atoms with Crippen molar-refractivity contribution >= 4 is 11.5 Å². The van der Waals surface area contributed by atoms with Gasteiger partial charge in [-0.05, 0) is 65.1 Å². The number of benzene rings is 2. The largest absolute Gasteiger partial charge is 0.380 e. The highest BCUT2D eigenvalue weighted by Gasteiger charge is 2.27. The van der Waals surface area contributed by atoms with Gasteiger partial charge in [0.05, 0.1) is 11.7 Å². The quantitative estimate of drug-likeness (QED) is 0.203. The molecule has 43 heavy (non-hydrogen) atoms. The Morgan fingerprint density at radius 2 is 1.37 bits per heavy atom. The minimum Gasteiger partial charge on any atom is -0.380 e. The first-order valence-electron chi connectivity index (χ1n) is 14.9. The fourth-order valence-corrected chi connectivity index (χ4v) is 5.52. The normalized spacial score (nSPS) is 14.3. The first kappa shape index (κ1) is 30.3. The lowest BCUT2D eigenvalue weighted by Gasteiger charge is -2.39. The molecule has 1 aliphatic heterocycles. The topological polar surface area (TPSA) is 60.5 Å². The van der Waals surface area contributed by atoms with E-state index in [4.69, 9.17) is 0 Å². The van der Waals surface area contributed by atoms with Crippen molar-refractivity contribution in [3.63, 3.8) is 0 Å². The molecule has 0 unspecified atom stereocenters. The molecule has 3 aromatic carbocycles. The van der Waals surface area contributed by atoms with Gasteiger partial charge in [-0.25, -0.2) is 13.8 Å². The van der Waals surface area contributed by atoms with Crippen molar-refractivity contribution in [1.82, 2.24) is 14.8 Å². The summed E-state index contributed by atoms with van der Waals surface area (Å²) in [5, 5.41) is 6.64. The number of nitrogens with one attached hydrogen (secondary N) is 2. The third-order valence-corrected chi connectivity index (χ3v) is 7.94. The van der Waals surface area contributed by atoms with Crippen molar-refractivity contribution in [2.45, 2.75) is 32.4 Å². The number of pyridine rings is 1. The van der Waals surface area contributed by atoms with Gasteiger partial charge in [-0.15, -0.1) is 0 Å². The molecule has 1 aliphatic rings. The van der Waals surface area contributed by atoms with Gasteiger partial charge in [0.15, 0.2) is 0 Å². The van der Waals surface area contributed by atoms with Crippen LogP contribution in [0.2, 0.25) is 0 Å². The summed E-state index contributed by atoms with van der Waals surface area (Å²) in [5.41, 5.74) is 4.42. The predicted octanol–water partition coefficient (Wildman–Crippen LogP) is 6.27. The van der Waals surface area contributed by atoms with Crippen LogP contribution in [0.15, 0.2) is 95.9 Å². The number of nitrogens with zero attached hydrogens (tertiary/aromatic N) is 3. The minimum atomic E-state index is -0.283. The average Bonchev–Trinajstić information content (AvgIpc) is 3.17. The molecular weight excluding hydrogens is 544 g/mol. The van der Waals surface area contributed by atoms with E-state index in [0.717, 1.165) is 54.3 Å². The lowest BCUT2D eigenvalue weighted by molar-refractivity contribution is 0.104. The van der Waals surface area contributed by atoms with Crippen LogP contribution in [0.25, 0.3) is 0 Å². The molecule has 0 spiro atoms. The predicted molar refractivity (Wildman–Crippen MR) is 170 cm³/mol. The molecule has 0 aliphatic carbocycles. The van der Waals surface area contributed by atoms with Gasteiger partial charge in [0.25, 0.3) is 0 Å². The maximum absolute atomic E-state index is 13.7. The molecule has 0 saturated carbocycles. The van der Waals surface area contributed by atoms with Crippen LogP contribution in [0, 0.1) is 11.6 Å². The molecule has 1 saturated heterocycles. The van der Waals surface area contributed by atoms with E-state index < -0.39 is 0 Å². The molecule has 2 N–H and O–H groups in total. The van der Waals surface area contributed by atoms with Gasteiger partial charge in [0, 0.05) is 57.6 Å². The van der Waals surface area contributed by atoms with Crippen molar-refractivity contribution in [3.05, 3.63) is 135 Å². The van der Waals surface area contributed by atoms with Crippen LogP contribution in [0.4, 0.5) is 20.3 Å². The highest BCUT2D eigenvalue weighted by molar-refractivity contribution is 5.48. The van der Waals surface area contributed by atoms with E-state index in [1.54, 1.807) is 30.5 Å². The number of aromatic nitrogens is 1. The van der Waals surface area contributed by atoms with E-state index in [2.05, 4.69) is 45.3 Å². The van der Waals surface area contributed by atoms with E-state index >= 15 is 0 Å². The summed E-state index contributed by atoms with van der Waals surface area (Å²) in [4.78, 5) is 22.6. The van der Waals surface area contributed by atoms with Crippen LogP contribution in [0.5, 0.6) is 0 Å². The molecule has 1 fully saturated rings. The molecule has 0 bridgehead atoms. The van der Waals surface area contributed by atoms with Crippen molar-refractivity contribution in [1.29, 1.82) is 0 Å². The highest BCUT2D eigenvalue weighted by Crippen LogP contribution is 2.30. The van der Waals surface area contributed by atoms with Gasteiger partial charge in [-0.2, -0.15) is 0 Å². The van der Waals surface area contributed by atoms with Crippen LogP contribution in [0.1, 0.15) is 48.1 Å². The maximum Gasteiger partial charge on any atom is 0.206 e. The minimum absolute atomic E-state index is 0.0164. The molecular formula is C35H39F2N5O. The van der Waals surface area contributed by atoms with Crippen molar-refractivity contribution in [2.24, 2.45) is 0 Å². The number of rotatable bonds is 11. The van der Waals surface area contributed by atoms with E-state index in [0.29, 0.717) is 25.3 Å². The average molecular weight is 584 g/mol. The summed E-state index contributed by atoms with van der Waals surface area (Å²) in [6, 6.07) is 24.7. The van der Waals surface area contributed by atoms with Crippen molar-refractivity contribution < 1.29 is 8.78 Å². The second kappa shape index (κ2) is 14.4. The van der Waals surface area contributed by atoms with Crippen molar-refractivity contribution in [2.75, 3.05) is 49.9 Å². The first-order valence-corrected chi connectivity index (χ1v) is 14.9. The molecule has 224 valence electrons. The Hall–Kier alpha value is -4.14. The molecule has 6 nitrogen and oxygen atoms in total. The third-order valence-electron chi connectivity index (χ3n) is 7.94. The van der Waals surface area contributed by atoms with E-state index in [1.807, 2.05) is 30.3 Å². The zero-order valence-electron chi connectivity index (χ0n) is 24.8. The zero-order valence-corrected chi connectivity index (χ0v) is 24.8. The standard InChI is InChI=1S/C35H39F2N5O/c1-25(2)28-6-7-29(35(43)32(23-28)38-17-18-40-33-5-3-4-16-39-33)24-41-19-21-42(22-20-41)34(26-8-12-30(36)13-9-26)27-10-14-31(37)15-11-27/h3-16,23,25,34H,17-22,24H2,1-2H3,(H,38,43)(H,39,40). The molecule has 8 heteroatoms. The van der Waals surface area contributed by atoms with Crippen LogP contribution in [-0.2, 0) is 6.54 Å². The lowest BCUT2D eigenvalue weighted by Crippen LogP contribution is -2.47. The van der Waals surface area contributed by atoms with Gasteiger partial charge < -0.3 is 10.6 Å². The van der Waals surface area contributed by atoms with Crippen LogP contribution in [0.3, 0.4) is 0 Å². The third kappa shape index (κ3) is 8.03. The van der Waals surface area contributed by atoms with Crippen molar-refractivity contribution in [3.8, 4) is 0 Å². The number of hydrogen-bond acceptors (Lipinski definition) is 6. The highest BCUT2D eigenvalue weighted by atomic mass is 19.1. The number of halogens is 2. The molecule has 0 atom stereocenters. The second-order valence-corrected chi connectivity index (χ2v) is 11.3. The fraction of sp³-hybridized carbons (Fsp3) is 0.314. The number of hydrogen-bond donors (Lipinski definition) is 2. The Labute approximate surface area is 252 Å². The summed E-state index contributed by atoms with van der Waals surface area (Å²) >= 11 is 0. The van der Waals surface area contributed by atoms with Gasteiger partial charge in [-0.3, -0.25) is 14.6 Å². The monoisotopic (exact) mass is 583 g/mol. The van der Waals surface area contributed by atoms with Gasteiger partial charge in [0.2, 0.25) is 5.43 Å². The zero-order chi connectivity index (χ0) is 30.2. The smallest absolute Gasteiger partial charge is 0.206 e. The summed E-state index contributed by atoms with van der Waals surface area (Å²) in [7, 11) is 0. The van der Waals surface area contributed by atoms with E-state index in [1.165, 1.54) is 24.3 Å². The Balaban J connectivity index is 1.28. The summed E-state index contributed by atoms with van der Waals surface area (Å²) in [6.45, 7) is 9.08. The molecule has 5 rings (SSSR count). The fourth-order valence-electron chi connectivity index (χ4n) is 5.52. The number of anilines is 2.